The van der Waals surface area contributed by atoms with Crippen molar-refractivity contribution in [3.63, 3.8) is 0 Å². The maximum absolute atomic E-state index is 15.1. The van der Waals surface area contributed by atoms with Gasteiger partial charge in [0, 0.05) is 31.4 Å². The van der Waals surface area contributed by atoms with Gasteiger partial charge in [0.2, 0.25) is 0 Å². The van der Waals surface area contributed by atoms with Gasteiger partial charge in [0.1, 0.15) is 22.5 Å². The fourth-order valence-electron chi connectivity index (χ4n) is 5.06. The number of ether oxygens (including phenoxy) is 2. The van der Waals surface area contributed by atoms with Crippen LogP contribution in [0, 0.1) is 5.82 Å². The van der Waals surface area contributed by atoms with E-state index >= 15 is 4.39 Å². The van der Waals surface area contributed by atoms with Crippen molar-refractivity contribution in [1.29, 1.82) is 0 Å². The molecule has 2 aliphatic heterocycles. The summed E-state index contributed by atoms with van der Waals surface area (Å²) in [6, 6.07) is 1.28. The molecule has 2 aromatic heterocycles. The zero-order valence-electron chi connectivity index (χ0n) is 22.1. The minimum atomic E-state index is -5.13. The molecule has 1 aromatic carbocycles. The highest BCUT2D eigenvalue weighted by Gasteiger charge is 2.40. The van der Waals surface area contributed by atoms with Crippen LogP contribution in [0.5, 0.6) is 5.75 Å². The molecule has 15 heteroatoms. The lowest BCUT2D eigenvalue weighted by atomic mass is 10.1. The van der Waals surface area contributed by atoms with Gasteiger partial charge in [-0.2, -0.15) is 13.2 Å². The van der Waals surface area contributed by atoms with E-state index in [0.29, 0.717) is 12.5 Å². The predicted octanol–water partition coefficient (Wildman–Crippen LogP) is 5.64. The number of benzene rings is 1. The number of carbonyl (C=O) groups is 1. The molecule has 0 radical (unpaired) electrons. The van der Waals surface area contributed by atoms with Gasteiger partial charge < -0.3 is 25.0 Å². The molecule has 1 saturated heterocycles. The molecule has 0 saturated carbocycles. The fraction of sp³-hybridized carbons (Fsp3) is 0.423. The van der Waals surface area contributed by atoms with E-state index in [-0.39, 0.29) is 64.2 Å². The molecule has 0 bridgehead atoms. The summed E-state index contributed by atoms with van der Waals surface area (Å²) in [5, 5.41) is -1.10. The first-order chi connectivity index (χ1) is 19.1. The molecule has 0 spiro atoms. The third-order valence-electron chi connectivity index (χ3n) is 6.81. The number of amides is 1. The third-order valence-corrected chi connectivity index (χ3v) is 7.40. The molecule has 4 heterocycles. The highest BCUT2D eigenvalue weighted by molar-refractivity contribution is 6.37. The number of aromatic nitrogens is 2. The summed E-state index contributed by atoms with van der Waals surface area (Å²) < 4.78 is 70.1. The van der Waals surface area contributed by atoms with Crippen molar-refractivity contribution in [2.45, 2.75) is 45.0 Å². The van der Waals surface area contributed by atoms with Crippen molar-refractivity contribution in [2.75, 3.05) is 36.9 Å². The summed E-state index contributed by atoms with van der Waals surface area (Å²) in [6.07, 6.45) is -3.97. The first-order valence-electron chi connectivity index (χ1n) is 12.5. The Kier molecular flexibility index (Phi) is 7.17. The number of rotatable bonds is 1. The molecule has 5 rings (SSSR count). The first-order valence-corrected chi connectivity index (χ1v) is 13.3. The van der Waals surface area contributed by atoms with Gasteiger partial charge in [-0.1, -0.05) is 23.2 Å². The van der Waals surface area contributed by atoms with Crippen LogP contribution < -0.4 is 20.9 Å². The number of carbonyl (C=O) groups excluding carboxylic acids is 1. The molecule has 0 aliphatic carbocycles. The van der Waals surface area contributed by atoms with Crippen molar-refractivity contribution >= 4 is 51.6 Å². The van der Waals surface area contributed by atoms with E-state index in [1.165, 1.54) is 11.1 Å². The number of fused-ring (bicyclic) bond motifs is 5. The SMILES string of the molecule is CC(C)(C)OC(=O)N1CCN2c3c(cnc4c(=O)n(-c5c(N)c(Cl)cc(Cl)c5F)c(C(F)(F)F)cc34)OCCC2C1. The van der Waals surface area contributed by atoms with Crippen LogP contribution in [0.25, 0.3) is 16.6 Å². The maximum Gasteiger partial charge on any atom is 0.431 e. The topological polar surface area (TPSA) is 103 Å². The van der Waals surface area contributed by atoms with Crippen molar-refractivity contribution in [1.82, 2.24) is 14.5 Å². The highest BCUT2D eigenvalue weighted by atomic mass is 35.5. The van der Waals surface area contributed by atoms with E-state index < -0.39 is 51.3 Å². The zero-order chi connectivity index (χ0) is 30.0. The second-order valence-electron chi connectivity index (χ2n) is 10.7. The van der Waals surface area contributed by atoms with E-state index in [1.54, 1.807) is 20.8 Å². The fourth-order valence-corrected chi connectivity index (χ4v) is 5.52. The Balaban J connectivity index is 1.70. The number of anilines is 2. The minimum Gasteiger partial charge on any atom is -0.490 e. The summed E-state index contributed by atoms with van der Waals surface area (Å²) >= 11 is 11.8. The standard InChI is InChI=1S/C26H25Cl2F4N5O4/c1-25(2,3)41-24(39)35-5-6-36-12(11-35)4-7-40-16-10-34-20-13(21(16)36)8-17(26(30,31)32)37(23(20)38)22-18(29)14(27)9-15(28)19(22)33/h8-10,12H,4-7,11,33H2,1-3H3. The summed E-state index contributed by atoms with van der Waals surface area (Å²) in [5.41, 5.74) is 0.652. The predicted molar refractivity (Wildman–Crippen MR) is 146 cm³/mol. The Hall–Kier alpha value is -3.45. The Bertz CT molecular complexity index is 1600. The molecule has 9 nitrogen and oxygen atoms in total. The lowest BCUT2D eigenvalue weighted by Gasteiger charge is -2.42. The van der Waals surface area contributed by atoms with Crippen LogP contribution in [0.4, 0.5) is 33.7 Å². The van der Waals surface area contributed by atoms with Crippen molar-refractivity contribution in [3.8, 4) is 11.4 Å². The molecular weight excluding hydrogens is 593 g/mol. The Labute approximate surface area is 241 Å². The summed E-state index contributed by atoms with van der Waals surface area (Å²) in [5.74, 6) is -1.18. The van der Waals surface area contributed by atoms with Crippen LogP contribution in [0.1, 0.15) is 32.9 Å². The molecule has 1 amide bonds. The average molecular weight is 618 g/mol. The lowest BCUT2D eigenvalue weighted by molar-refractivity contribution is -0.142. The van der Waals surface area contributed by atoms with E-state index in [1.807, 2.05) is 4.90 Å². The van der Waals surface area contributed by atoms with E-state index in [0.717, 1.165) is 6.07 Å². The van der Waals surface area contributed by atoms with Crippen LogP contribution in [0.15, 0.2) is 23.1 Å². The molecule has 2 N–H and O–H groups in total. The first kappa shape index (κ1) is 29.1. The normalized spacial score (nSPS) is 17.5. The molecule has 41 heavy (non-hydrogen) atoms. The van der Waals surface area contributed by atoms with E-state index in [4.69, 9.17) is 38.4 Å². The van der Waals surface area contributed by atoms with Gasteiger partial charge in [0.05, 0.1) is 40.3 Å². The van der Waals surface area contributed by atoms with Crippen molar-refractivity contribution < 1.29 is 31.8 Å². The van der Waals surface area contributed by atoms with Gasteiger partial charge >= 0.3 is 12.3 Å². The number of pyridine rings is 2. The quantitative estimate of drug-likeness (QED) is 0.214. The number of alkyl halides is 3. The van der Waals surface area contributed by atoms with Crippen molar-refractivity contribution in [3.05, 3.63) is 50.2 Å². The minimum absolute atomic E-state index is 0.0969. The number of halogens is 6. The van der Waals surface area contributed by atoms with Gasteiger partial charge in [-0.3, -0.25) is 9.36 Å². The van der Waals surface area contributed by atoms with Gasteiger partial charge in [0.25, 0.3) is 5.56 Å². The monoisotopic (exact) mass is 617 g/mol. The number of hydrogen-bond acceptors (Lipinski definition) is 7. The average Bonchev–Trinajstić information content (AvgIpc) is 3.06. The van der Waals surface area contributed by atoms with Crippen LogP contribution in [-0.2, 0) is 10.9 Å². The second kappa shape index (κ2) is 10.1. The van der Waals surface area contributed by atoms with Crippen molar-refractivity contribution in [2.24, 2.45) is 0 Å². The van der Waals surface area contributed by atoms with Gasteiger partial charge in [0.15, 0.2) is 11.6 Å². The van der Waals surface area contributed by atoms with Gasteiger partial charge in [-0.05, 0) is 32.9 Å². The van der Waals surface area contributed by atoms with Crippen LogP contribution in [0.3, 0.4) is 0 Å². The largest absolute Gasteiger partial charge is 0.490 e. The molecule has 1 fully saturated rings. The Morgan fingerprint density at radius 3 is 2.51 bits per heavy atom. The molecule has 1 atom stereocenters. The second-order valence-corrected chi connectivity index (χ2v) is 11.5. The van der Waals surface area contributed by atoms with E-state index in [9.17, 15) is 22.8 Å². The van der Waals surface area contributed by atoms with Gasteiger partial charge in [-0.25, -0.2) is 14.2 Å². The summed E-state index contributed by atoms with van der Waals surface area (Å²) in [4.78, 5) is 33.9. The summed E-state index contributed by atoms with van der Waals surface area (Å²) in [7, 11) is 0. The number of nitrogens with two attached hydrogens (primary N) is 1. The van der Waals surface area contributed by atoms with Gasteiger partial charge in [-0.15, -0.1) is 0 Å². The number of nitrogens with zero attached hydrogens (tertiary/aromatic N) is 4. The highest BCUT2D eigenvalue weighted by Crippen LogP contribution is 2.43. The molecule has 1 unspecified atom stereocenters. The zero-order valence-corrected chi connectivity index (χ0v) is 23.6. The molecule has 220 valence electrons. The number of hydrogen-bond donors (Lipinski definition) is 1. The Morgan fingerprint density at radius 1 is 1.15 bits per heavy atom. The van der Waals surface area contributed by atoms with E-state index in [2.05, 4.69) is 4.98 Å². The summed E-state index contributed by atoms with van der Waals surface area (Å²) in [6.45, 7) is 6.08. The lowest BCUT2D eigenvalue weighted by Crippen LogP contribution is -2.55. The van der Waals surface area contributed by atoms with Crippen LogP contribution >= 0.6 is 23.2 Å². The number of nitrogen functional groups attached to an aromatic ring is 1. The number of piperazine rings is 1. The Morgan fingerprint density at radius 2 is 1.85 bits per heavy atom. The molecule has 3 aromatic rings. The maximum atomic E-state index is 15.1. The molecular formula is C26H25Cl2F4N5O4. The smallest absolute Gasteiger partial charge is 0.431 e. The molecule has 2 aliphatic rings. The third kappa shape index (κ3) is 5.21. The van der Waals surface area contributed by atoms with Crippen LogP contribution in [0.2, 0.25) is 10.0 Å². The van der Waals surface area contributed by atoms with Crippen LogP contribution in [-0.4, -0.2) is 58.4 Å².